The summed E-state index contributed by atoms with van der Waals surface area (Å²) in [7, 11) is 5.53. The van der Waals surface area contributed by atoms with Crippen molar-refractivity contribution in [3.8, 4) is 33.9 Å². The average Bonchev–Trinajstić information content (AvgIpc) is 2.79. The van der Waals surface area contributed by atoms with Crippen LogP contribution in [0.4, 0.5) is 0 Å². The molecule has 5 nitrogen and oxygen atoms in total. The molecule has 1 aliphatic heterocycles. The second-order valence-electron chi connectivity index (χ2n) is 7.53. The number of ether oxygens (including phenoxy) is 2. The zero-order valence-corrected chi connectivity index (χ0v) is 17.3. The number of aromatic nitrogens is 2. The molecule has 1 fully saturated rings. The lowest BCUT2D eigenvalue weighted by Gasteiger charge is -2.28. The summed E-state index contributed by atoms with van der Waals surface area (Å²) in [6.07, 6.45) is 4.17. The van der Waals surface area contributed by atoms with Crippen LogP contribution in [0.25, 0.3) is 22.4 Å². The van der Waals surface area contributed by atoms with E-state index in [1.807, 2.05) is 30.5 Å². The summed E-state index contributed by atoms with van der Waals surface area (Å²) in [5.74, 6) is 3.03. The predicted molar refractivity (Wildman–Crippen MR) is 115 cm³/mol. The van der Waals surface area contributed by atoms with Crippen molar-refractivity contribution < 1.29 is 9.47 Å². The molecule has 0 N–H and O–H groups in total. The zero-order valence-electron chi connectivity index (χ0n) is 17.3. The molecule has 0 aliphatic carbocycles. The number of nitrogens with zero attached hydrogens (tertiary/aromatic N) is 3. The van der Waals surface area contributed by atoms with Crippen molar-refractivity contribution in [2.45, 2.75) is 18.8 Å². The lowest BCUT2D eigenvalue weighted by atomic mass is 9.95. The predicted octanol–water partition coefficient (Wildman–Crippen LogP) is 4.64. The van der Waals surface area contributed by atoms with Gasteiger partial charge in [0.15, 0.2) is 0 Å². The number of benzene rings is 2. The third kappa shape index (κ3) is 4.25. The van der Waals surface area contributed by atoms with Crippen LogP contribution in [-0.4, -0.2) is 49.2 Å². The van der Waals surface area contributed by atoms with Crippen molar-refractivity contribution in [1.82, 2.24) is 14.9 Å². The molecule has 2 heterocycles. The third-order valence-corrected chi connectivity index (χ3v) is 5.66. The van der Waals surface area contributed by atoms with Gasteiger partial charge in [0.25, 0.3) is 0 Å². The van der Waals surface area contributed by atoms with E-state index in [0.717, 1.165) is 65.6 Å². The molecule has 1 aromatic heterocycles. The van der Waals surface area contributed by atoms with Crippen LogP contribution in [0.5, 0.6) is 11.5 Å². The van der Waals surface area contributed by atoms with E-state index in [9.17, 15) is 0 Å². The number of piperidine rings is 1. The van der Waals surface area contributed by atoms with Gasteiger partial charge < -0.3 is 14.4 Å². The Balaban J connectivity index is 1.76. The molecule has 5 heteroatoms. The van der Waals surface area contributed by atoms with Crippen LogP contribution in [0, 0.1) is 0 Å². The fraction of sp³-hybridized carbons (Fsp3) is 0.333. The van der Waals surface area contributed by atoms with Gasteiger partial charge in [-0.25, -0.2) is 9.97 Å². The summed E-state index contributed by atoms with van der Waals surface area (Å²) in [5, 5.41) is 0. The van der Waals surface area contributed by atoms with E-state index in [2.05, 4.69) is 36.2 Å². The first-order valence-electron chi connectivity index (χ1n) is 10.0. The van der Waals surface area contributed by atoms with Crippen molar-refractivity contribution in [3.05, 3.63) is 60.6 Å². The van der Waals surface area contributed by atoms with Crippen LogP contribution in [0.3, 0.4) is 0 Å². The smallest absolute Gasteiger partial charge is 0.132 e. The van der Waals surface area contributed by atoms with Gasteiger partial charge >= 0.3 is 0 Å². The van der Waals surface area contributed by atoms with E-state index in [-0.39, 0.29) is 0 Å². The third-order valence-electron chi connectivity index (χ3n) is 5.66. The van der Waals surface area contributed by atoms with Gasteiger partial charge in [0.05, 0.1) is 19.9 Å². The fourth-order valence-corrected chi connectivity index (χ4v) is 3.81. The first kappa shape index (κ1) is 19.4. The Bertz CT molecular complexity index is 947. The Morgan fingerprint density at radius 2 is 1.38 bits per heavy atom. The minimum absolute atomic E-state index is 0.410. The second kappa shape index (κ2) is 8.62. The van der Waals surface area contributed by atoms with Gasteiger partial charge in [0.1, 0.15) is 17.3 Å². The summed E-state index contributed by atoms with van der Waals surface area (Å²) in [6.45, 7) is 2.18. The normalized spacial score (nSPS) is 15.3. The molecule has 0 unspecified atom stereocenters. The first-order chi connectivity index (χ1) is 14.2. The molecule has 0 spiro atoms. The molecule has 0 radical (unpaired) electrons. The Hall–Kier alpha value is -2.92. The number of hydrogen-bond donors (Lipinski definition) is 0. The Labute approximate surface area is 172 Å². The monoisotopic (exact) mass is 389 g/mol. The van der Waals surface area contributed by atoms with E-state index in [0.29, 0.717) is 5.92 Å². The van der Waals surface area contributed by atoms with E-state index < -0.39 is 0 Å². The van der Waals surface area contributed by atoms with Crippen molar-refractivity contribution >= 4 is 0 Å². The largest absolute Gasteiger partial charge is 0.497 e. The van der Waals surface area contributed by atoms with Crippen LogP contribution in [0.15, 0.2) is 54.7 Å². The van der Waals surface area contributed by atoms with Crippen molar-refractivity contribution in [2.24, 2.45) is 0 Å². The van der Waals surface area contributed by atoms with Crippen LogP contribution in [-0.2, 0) is 0 Å². The second-order valence-corrected chi connectivity index (χ2v) is 7.53. The molecule has 0 atom stereocenters. The summed E-state index contributed by atoms with van der Waals surface area (Å²) in [4.78, 5) is 12.2. The van der Waals surface area contributed by atoms with Crippen molar-refractivity contribution in [3.63, 3.8) is 0 Å². The molecule has 150 valence electrons. The number of hydrogen-bond acceptors (Lipinski definition) is 5. The van der Waals surface area contributed by atoms with Gasteiger partial charge in [-0.05, 0) is 74.9 Å². The van der Waals surface area contributed by atoms with E-state index >= 15 is 0 Å². The van der Waals surface area contributed by atoms with Gasteiger partial charge in [-0.3, -0.25) is 0 Å². The van der Waals surface area contributed by atoms with Gasteiger partial charge in [0, 0.05) is 23.2 Å². The van der Waals surface area contributed by atoms with E-state index in [1.54, 1.807) is 14.2 Å². The van der Waals surface area contributed by atoms with Gasteiger partial charge in [-0.1, -0.05) is 12.1 Å². The Morgan fingerprint density at radius 1 is 0.828 bits per heavy atom. The topological polar surface area (TPSA) is 47.5 Å². The van der Waals surface area contributed by atoms with Crippen molar-refractivity contribution in [2.75, 3.05) is 34.4 Å². The summed E-state index contributed by atoms with van der Waals surface area (Å²) >= 11 is 0. The molecule has 0 saturated carbocycles. The Kier molecular flexibility index (Phi) is 5.76. The zero-order chi connectivity index (χ0) is 20.2. The molecular formula is C24H27N3O2. The van der Waals surface area contributed by atoms with Crippen LogP contribution in [0.2, 0.25) is 0 Å². The molecular weight excluding hydrogens is 362 g/mol. The minimum Gasteiger partial charge on any atom is -0.497 e. The highest BCUT2D eigenvalue weighted by atomic mass is 16.5. The molecule has 2 aromatic carbocycles. The molecule has 1 aliphatic rings. The molecule has 3 aromatic rings. The standard InChI is InChI=1S/C24H27N3O2/c1-27-14-12-19(13-15-27)24-25-16-22(17-4-8-20(28-2)9-5-17)23(26-24)18-6-10-21(29-3)11-7-18/h4-11,16,19H,12-15H2,1-3H3. The SMILES string of the molecule is COc1ccc(-c2cnc(C3CCN(C)CC3)nc2-c2ccc(OC)cc2)cc1. The lowest BCUT2D eigenvalue weighted by Crippen LogP contribution is -2.30. The Morgan fingerprint density at radius 3 is 1.93 bits per heavy atom. The maximum atomic E-state index is 5.32. The van der Waals surface area contributed by atoms with Gasteiger partial charge in [0.2, 0.25) is 0 Å². The van der Waals surface area contributed by atoms with Crippen molar-refractivity contribution in [1.29, 1.82) is 0 Å². The quantitative estimate of drug-likeness (QED) is 0.636. The number of methoxy groups -OCH3 is 2. The molecule has 0 bridgehead atoms. The summed E-state index contributed by atoms with van der Waals surface area (Å²) in [5.41, 5.74) is 4.12. The minimum atomic E-state index is 0.410. The van der Waals surface area contributed by atoms with E-state index in [1.165, 1.54) is 0 Å². The first-order valence-corrected chi connectivity index (χ1v) is 10.0. The molecule has 29 heavy (non-hydrogen) atoms. The maximum Gasteiger partial charge on any atom is 0.132 e. The van der Waals surface area contributed by atoms with Crippen LogP contribution in [0.1, 0.15) is 24.6 Å². The highest BCUT2D eigenvalue weighted by Gasteiger charge is 2.22. The van der Waals surface area contributed by atoms with E-state index in [4.69, 9.17) is 19.4 Å². The van der Waals surface area contributed by atoms with Crippen LogP contribution < -0.4 is 9.47 Å². The lowest BCUT2D eigenvalue weighted by molar-refractivity contribution is 0.251. The molecule has 0 amide bonds. The molecule has 4 rings (SSSR count). The molecule has 1 saturated heterocycles. The fourth-order valence-electron chi connectivity index (χ4n) is 3.81. The highest BCUT2D eigenvalue weighted by Crippen LogP contribution is 2.34. The van der Waals surface area contributed by atoms with Gasteiger partial charge in [-0.15, -0.1) is 0 Å². The van der Waals surface area contributed by atoms with Crippen LogP contribution >= 0.6 is 0 Å². The number of rotatable bonds is 5. The average molecular weight is 389 g/mol. The maximum absolute atomic E-state index is 5.32. The number of likely N-dealkylation sites (tertiary alicyclic amines) is 1. The summed E-state index contributed by atoms with van der Waals surface area (Å²) in [6, 6.07) is 16.1. The van der Waals surface area contributed by atoms with Gasteiger partial charge in [-0.2, -0.15) is 0 Å². The summed E-state index contributed by atoms with van der Waals surface area (Å²) < 4.78 is 10.6. The highest BCUT2D eigenvalue weighted by molar-refractivity contribution is 5.80.